The number of allylic oxidation sites excluding steroid dienone is 1. The van der Waals surface area contributed by atoms with Crippen molar-refractivity contribution in [3.8, 4) is 5.69 Å². The fourth-order valence-corrected chi connectivity index (χ4v) is 2.66. The van der Waals surface area contributed by atoms with Crippen LogP contribution < -0.4 is 16.6 Å². The second kappa shape index (κ2) is 7.35. The van der Waals surface area contributed by atoms with E-state index in [0.29, 0.717) is 28.5 Å². The summed E-state index contributed by atoms with van der Waals surface area (Å²) in [6.45, 7) is 1.63. The van der Waals surface area contributed by atoms with Crippen molar-refractivity contribution >= 4 is 11.4 Å². The van der Waals surface area contributed by atoms with Crippen LogP contribution in [0.5, 0.6) is 0 Å². The van der Waals surface area contributed by atoms with Crippen molar-refractivity contribution in [3.05, 3.63) is 83.8 Å². The third-order valence-electron chi connectivity index (χ3n) is 4.04. The first kappa shape index (κ1) is 19.4. The van der Waals surface area contributed by atoms with Crippen LogP contribution in [0.15, 0.2) is 66.8 Å². The second-order valence-corrected chi connectivity index (χ2v) is 6.09. The molecule has 3 aromatic rings. The van der Waals surface area contributed by atoms with Gasteiger partial charge in [0.05, 0.1) is 17.6 Å². The van der Waals surface area contributed by atoms with Crippen LogP contribution in [0.25, 0.3) is 11.4 Å². The molecule has 1 aromatic heterocycles. The van der Waals surface area contributed by atoms with Gasteiger partial charge in [0, 0.05) is 17.6 Å². The molecule has 0 spiro atoms. The van der Waals surface area contributed by atoms with Crippen LogP contribution in [-0.4, -0.2) is 9.55 Å². The van der Waals surface area contributed by atoms with E-state index in [4.69, 9.17) is 11.6 Å². The van der Waals surface area contributed by atoms with Crippen molar-refractivity contribution in [1.29, 1.82) is 0 Å². The van der Waals surface area contributed by atoms with E-state index in [1.54, 1.807) is 17.7 Å². The van der Waals surface area contributed by atoms with Crippen molar-refractivity contribution in [3.63, 3.8) is 0 Å². The molecule has 1 heterocycles. The number of aromatic nitrogens is 2. The summed E-state index contributed by atoms with van der Waals surface area (Å²) in [5.74, 6) is 5.73. The Morgan fingerprint density at radius 1 is 1.04 bits per heavy atom. The summed E-state index contributed by atoms with van der Waals surface area (Å²) in [4.78, 5) is 4.26. The van der Waals surface area contributed by atoms with E-state index in [2.05, 4.69) is 4.98 Å². The van der Waals surface area contributed by atoms with Gasteiger partial charge in [-0.1, -0.05) is 0 Å². The van der Waals surface area contributed by atoms with Gasteiger partial charge in [-0.15, -0.1) is 0 Å². The third kappa shape index (κ3) is 3.99. The highest BCUT2D eigenvalue weighted by Gasteiger charge is 2.30. The molecule has 0 aliphatic carbocycles. The zero-order valence-electron chi connectivity index (χ0n) is 14.8. The van der Waals surface area contributed by atoms with E-state index in [0.717, 1.165) is 12.1 Å². The molecule has 0 bridgehead atoms. The summed E-state index contributed by atoms with van der Waals surface area (Å²) in [5, 5.41) is 1.27. The molecule has 4 N–H and O–H groups in total. The molecule has 0 saturated carbocycles. The number of imidazole rings is 1. The fraction of sp³-hybridized carbons (Fsp3) is 0.105. The lowest BCUT2D eigenvalue weighted by atomic mass is 10.2. The largest absolute Gasteiger partial charge is 0.416 e. The summed E-state index contributed by atoms with van der Waals surface area (Å²) in [6.07, 6.45) is -1.36. The van der Waals surface area contributed by atoms with Crippen LogP contribution in [0.2, 0.25) is 0 Å². The quantitative estimate of drug-likeness (QED) is 0.400. The minimum Gasteiger partial charge on any atom is -0.400 e. The Morgan fingerprint density at radius 2 is 1.64 bits per heavy atom. The normalized spacial score (nSPS) is 12.6. The van der Waals surface area contributed by atoms with Gasteiger partial charge >= 0.3 is 6.18 Å². The Labute approximate surface area is 158 Å². The predicted molar refractivity (Wildman–Crippen MR) is 98.4 cm³/mol. The van der Waals surface area contributed by atoms with Gasteiger partial charge in [-0.2, -0.15) is 13.2 Å². The van der Waals surface area contributed by atoms with E-state index in [-0.39, 0.29) is 0 Å². The summed E-state index contributed by atoms with van der Waals surface area (Å²) in [6, 6.07) is 10.2. The Balaban J connectivity index is 1.92. The van der Waals surface area contributed by atoms with Gasteiger partial charge in [0.15, 0.2) is 0 Å². The molecular formula is C19H17F4N5. The number of alkyl halides is 3. The highest BCUT2D eigenvalue weighted by Crippen LogP contribution is 2.30. The molecule has 0 radical (unpaired) electrons. The van der Waals surface area contributed by atoms with Crippen molar-refractivity contribution < 1.29 is 17.6 Å². The lowest BCUT2D eigenvalue weighted by Crippen LogP contribution is -2.31. The molecule has 2 aromatic carbocycles. The standard InChI is InChI=1S/C19H17F4N5/c1-12(24)18(28(25)16-8-4-14(20)5-9-16)17-10-27(11-26-17)15-6-2-13(3-7-15)19(21,22)23/h2-11H,24-25H2,1H3/b18-12-. The molecule has 0 aliphatic rings. The maximum absolute atomic E-state index is 13.1. The SMILES string of the molecule is C/C(N)=C(\c1cn(-c2ccc(C(F)(F)F)cc2)cn1)N(N)c1ccc(F)cc1. The van der Waals surface area contributed by atoms with Gasteiger partial charge in [0.25, 0.3) is 0 Å². The average Bonchev–Trinajstić information content (AvgIpc) is 3.11. The molecule has 9 heteroatoms. The average molecular weight is 391 g/mol. The van der Waals surface area contributed by atoms with Gasteiger partial charge in [-0.25, -0.2) is 15.2 Å². The van der Waals surface area contributed by atoms with Gasteiger partial charge in [-0.3, -0.25) is 5.01 Å². The molecule has 28 heavy (non-hydrogen) atoms. The van der Waals surface area contributed by atoms with E-state index in [9.17, 15) is 17.6 Å². The summed E-state index contributed by atoms with van der Waals surface area (Å²) >= 11 is 0. The Bertz CT molecular complexity index is 984. The van der Waals surface area contributed by atoms with E-state index >= 15 is 0 Å². The Kier molecular flexibility index (Phi) is 5.10. The number of hydrogen-bond acceptors (Lipinski definition) is 4. The van der Waals surface area contributed by atoms with Crippen LogP contribution in [-0.2, 0) is 6.18 Å². The van der Waals surface area contributed by atoms with Crippen LogP contribution in [0.1, 0.15) is 18.2 Å². The maximum Gasteiger partial charge on any atom is 0.416 e. The molecule has 0 atom stereocenters. The number of nitrogens with zero attached hydrogens (tertiary/aromatic N) is 3. The van der Waals surface area contributed by atoms with Crippen LogP contribution in [0.4, 0.5) is 23.2 Å². The molecule has 0 unspecified atom stereocenters. The number of hydrogen-bond donors (Lipinski definition) is 2. The van der Waals surface area contributed by atoms with E-state index in [1.807, 2.05) is 0 Å². The van der Waals surface area contributed by atoms with E-state index in [1.165, 1.54) is 47.7 Å². The fourth-order valence-electron chi connectivity index (χ4n) is 2.66. The molecule has 146 valence electrons. The lowest BCUT2D eigenvalue weighted by Gasteiger charge is -2.22. The first-order chi connectivity index (χ1) is 13.2. The summed E-state index contributed by atoms with van der Waals surface area (Å²) < 4.78 is 52.8. The van der Waals surface area contributed by atoms with Gasteiger partial charge in [-0.05, 0) is 55.5 Å². The minimum absolute atomic E-state index is 0.365. The lowest BCUT2D eigenvalue weighted by molar-refractivity contribution is -0.137. The van der Waals surface area contributed by atoms with Crippen molar-refractivity contribution in [2.24, 2.45) is 11.6 Å². The molecule has 0 saturated heterocycles. The van der Waals surface area contributed by atoms with Crippen LogP contribution in [0, 0.1) is 5.82 Å². The van der Waals surface area contributed by atoms with Gasteiger partial charge < -0.3 is 10.3 Å². The molecule has 3 rings (SSSR count). The zero-order valence-corrected chi connectivity index (χ0v) is 14.8. The molecule has 0 amide bonds. The smallest absolute Gasteiger partial charge is 0.400 e. The molecule has 5 nitrogen and oxygen atoms in total. The van der Waals surface area contributed by atoms with Crippen LogP contribution >= 0.6 is 0 Å². The van der Waals surface area contributed by atoms with Gasteiger partial charge in [0.1, 0.15) is 17.2 Å². The minimum atomic E-state index is -4.40. The number of rotatable bonds is 4. The van der Waals surface area contributed by atoms with E-state index < -0.39 is 17.6 Å². The van der Waals surface area contributed by atoms with Crippen molar-refractivity contribution in [2.75, 3.05) is 5.01 Å². The number of nitrogens with two attached hydrogens (primary N) is 2. The molecule has 0 fully saturated rings. The first-order valence-electron chi connectivity index (χ1n) is 8.15. The topological polar surface area (TPSA) is 73.1 Å². The second-order valence-electron chi connectivity index (χ2n) is 6.09. The number of benzene rings is 2. The van der Waals surface area contributed by atoms with Crippen LogP contribution in [0.3, 0.4) is 0 Å². The first-order valence-corrected chi connectivity index (χ1v) is 8.15. The summed E-state index contributed by atoms with van der Waals surface area (Å²) in [7, 11) is 0. The van der Waals surface area contributed by atoms with Crippen molar-refractivity contribution in [1.82, 2.24) is 9.55 Å². The highest BCUT2D eigenvalue weighted by molar-refractivity contribution is 5.78. The molecular weight excluding hydrogens is 374 g/mol. The highest BCUT2D eigenvalue weighted by atomic mass is 19.4. The Morgan fingerprint density at radius 3 is 2.18 bits per heavy atom. The summed E-state index contributed by atoms with van der Waals surface area (Å²) in [5.41, 5.74) is 7.37. The third-order valence-corrected chi connectivity index (χ3v) is 4.04. The maximum atomic E-state index is 13.1. The Hall–Kier alpha value is -3.33. The van der Waals surface area contributed by atoms with Crippen molar-refractivity contribution in [2.45, 2.75) is 13.1 Å². The number of halogens is 4. The number of hydrazine groups is 1. The predicted octanol–water partition coefficient (Wildman–Crippen LogP) is 4.06. The zero-order chi connectivity index (χ0) is 20.5. The number of anilines is 1. The monoisotopic (exact) mass is 391 g/mol. The van der Waals surface area contributed by atoms with Gasteiger partial charge in [0.2, 0.25) is 0 Å². The molecule has 0 aliphatic heterocycles.